The van der Waals surface area contributed by atoms with E-state index in [0.717, 1.165) is 37.1 Å². The third kappa shape index (κ3) is 2.55. The van der Waals surface area contributed by atoms with Gasteiger partial charge >= 0.3 is 0 Å². The van der Waals surface area contributed by atoms with Gasteiger partial charge in [0.1, 0.15) is 17.1 Å². The van der Waals surface area contributed by atoms with Gasteiger partial charge < -0.3 is 10.0 Å². The lowest BCUT2D eigenvalue weighted by atomic mass is 10.2. The highest BCUT2D eigenvalue weighted by Crippen LogP contribution is 2.25. The Morgan fingerprint density at radius 2 is 1.78 bits per heavy atom. The van der Waals surface area contributed by atoms with Crippen LogP contribution in [0.5, 0.6) is 5.75 Å². The number of para-hydroxylation sites is 1. The Morgan fingerprint density at radius 3 is 2.44 bits per heavy atom. The molecule has 0 saturated heterocycles. The molecule has 0 atom stereocenters. The Labute approximate surface area is 108 Å². The molecule has 18 heavy (non-hydrogen) atoms. The van der Waals surface area contributed by atoms with Gasteiger partial charge in [-0.25, -0.2) is 4.98 Å². The molecule has 1 heterocycles. The Morgan fingerprint density at radius 1 is 1.06 bits per heavy atom. The number of aromatic hydroxyl groups is 1. The number of rotatable bonds is 5. The molecule has 1 aromatic carbocycles. The third-order valence-electron chi connectivity index (χ3n) is 3.00. The first-order valence-corrected chi connectivity index (χ1v) is 6.60. The summed E-state index contributed by atoms with van der Waals surface area (Å²) in [6, 6.07) is 9.55. The second-order valence-electron chi connectivity index (χ2n) is 4.51. The van der Waals surface area contributed by atoms with Crippen molar-refractivity contribution in [2.45, 2.75) is 26.7 Å². The number of phenolic OH excluding ortho intramolecular Hbond substituents is 1. The molecule has 0 radical (unpaired) electrons. The molecule has 1 aromatic heterocycles. The second kappa shape index (κ2) is 5.71. The summed E-state index contributed by atoms with van der Waals surface area (Å²) < 4.78 is 0. The van der Waals surface area contributed by atoms with Crippen LogP contribution in [0.2, 0.25) is 0 Å². The maximum atomic E-state index is 9.86. The standard InChI is InChI=1S/C15H20N2O/c1-3-10-17(11-4-2)14-9-8-12-6-5-7-13(18)15(12)16-14/h5-9,18H,3-4,10-11H2,1-2H3. The van der Waals surface area contributed by atoms with E-state index in [4.69, 9.17) is 0 Å². The molecule has 3 heteroatoms. The normalized spacial score (nSPS) is 10.8. The molecule has 0 unspecified atom stereocenters. The molecule has 1 N–H and O–H groups in total. The highest BCUT2D eigenvalue weighted by Gasteiger charge is 2.08. The number of phenols is 1. The van der Waals surface area contributed by atoms with Gasteiger partial charge in [0, 0.05) is 18.5 Å². The molecule has 0 aliphatic rings. The lowest BCUT2D eigenvalue weighted by Crippen LogP contribution is -2.25. The summed E-state index contributed by atoms with van der Waals surface area (Å²) in [5.41, 5.74) is 0.687. The average molecular weight is 244 g/mol. The Hall–Kier alpha value is -1.77. The second-order valence-corrected chi connectivity index (χ2v) is 4.51. The smallest absolute Gasteiger partial charge is 0.141 e. The Kier molecular flexibility index (Phi) is 4.03. The Bertz CT molecular complexity index is 519. The number of nitrogens with zero attached hydrogens (tertiary/aromatic N) is 2. The van der Waals surface area contributed by atoms with E-state index >= 15 is 0 Å². The van der Waals surface area contributed by atoms with Gasteiger partial charge in [-0.1, -0.05) is 26.0 Å². The summed E-state index contributed by atoms with van der Waals surface area (Å²) in [6.07, 6.45) is 2.20. The zero-order valence-corrected chi connectivity index (χ0v) is 11.1. The van der Waals surface area contributed by atoms with Crippen LogP contribution in [0, 0.1) is 0 Å². The number of hydrogen-bond donors (Lipinski definition) is 1. The first-order valence-electron chi connectivity index (χ1n) is 6.60. The SMILES string of the molecule is CCCN(CCC)c1ccc2cccc(O)c2n1. The molecular weight excluding hydrogens is 224 g/mol. The molecule has 2 aromatic rings. The zero-order chi connectivity index (χ0) is 13.0. The molecule has 2 rings (SSSR count). The summed E-state index contributed by atoms with van der Waals surface area (Å²) in [4.78, 5) is 6.86. The number of aromatic nitrogens is 1. The van der Waals surface area contributed by atoms with Gasteiger partial charge in [-0.3, -0.25) is 0 Å². The van der Waals surface area contributed by atoms with Crippen LogP contribution in [0.15, 0.2) is 30.3 Å². The van der Waals surface area contributed by atoms with E-state index in [1.54, 1.807) is 6.07 Å². The molecule has 0 spiro atoms. The Balaban J connectivity index is 2.41. The highest BCUT2D eigenvalue weighted by molar-refractivity contribution is 5.85. The van der Waals surface area contributed by atoms with Crippen molar-refractivity contribution in [3.8, 4) is 5.75 Å². The van der Waals surface area contributed by atoms with Gasteiger partial charge in [0.2, 0.25) is 0 Å². The highest BCUT2D eigenvalue weighted by atomic mass is 16.3. The van der Waals surface area contributed by atoms with Gasteiger partial charge in [0.15, 0.2) is 0 Å². The van der Waals surface area contributed by atoms with Crippen molar-refractivity contribution in [3.63, 3.8) is 0 Å². The largest absolute Gasteiger partial charge is 0.506 e. The summed E-state index contributed by atoms with van der Waals surface area (Å²) in [5.74, 6) is 1.20. The van der Waals surface area contributed by atoms with Crippen LogP contribution in [0.1, 0.15) is 26.7 Å². The van der Waals surface area contributed by atoms with E-state index in [0.29, 0.717) is 5.52 Å². The number of anilines is 1. The fraction of sp³-hybridized carbons (Fsp3) is 0.400. The third-order valence-corrected chi connectivity index (χ3v) is 3.00. The summed E-state index contributed by atoms with van der Waals surface area (Å²) >= 11 is 0. The monoisotopic (exact) mass is 244 g/mol. The van der Waals surface area contributed by atoms with Crippen molar-refractivity contribution in [2.24, 2.45) is 0 Å². The van der Waals surface area contributed by atoms with Crippen molar-refractivity contribution in [3.05, 3.63) is 30.3 Å². The predicted octanol–water partition coefficient (Wildman–Crippen LogP) is 3.57. The van der Waals surface area contributed by atoms with E-state index in [9.17, 15) is 5.11 Å². The van der Waals surface area contributed by atoms with E-state index in [-0.39, 0.29) is 5.75 Å². The van der Waals surface area contributed by atoms with Crippen molar-refractivity contribution < 1.29 is 5.11 Å². The molecule has 0 aliphatic heterocycles. The van der Waals surface area contributed by atoms with Crippen molar-refractivity contribution >= 4 is 16.7 Å². The lowest BCUT2D eigenvalue weighted by molar-refractivity contribution is 0.480. The molecule has 0 saturated carbocycles. The minimum Gasteiger partial charge on any atom is -0.506 e. The quantitative estimate of drug-likeness (QED) is 0.873. The zero-order valence-electron chi connectivity index (χ0n) is 11.1. The molecule has 96 valence electrons. The first-order chi connectivity index (χ1) is 8.76. The maximum absolute atomic E-state index is 9.86. The van der Waals surface area contributed by atoms with Crippen LogP contribution < -0.4 is 4.90 Å². The van der Waals surface area contributed by atoms with Crippen LogP contribution in [-0.2, 0) is 0 Å². The lowest BCUT2D eigenvalue weighted by Gasteiger charge is -2.22. The van der Waals surface area contributed by atoms with E-state index in [1.165, 1.54) is 0 Å². The van der Waals surface area contributed by atoms with Gasteiger partial charge in [0.05, 0.1) is 0 Å². The summed E-state index contributed by atoms with van der Waals surface area (Å²) in [6.45, 7) is 6.34. The van der Waals surface area contributed by atoms with Crippen molar-refractivity contribution in [2.75, 3.05) is 18.0 Å². The van der Waals surface area contributed by atoms with Crippen molar-refractivity contribution in [1.29, 1.82) is 0 Å². The maximum Gasteiger partial charge on any atom is 0.141 e. The van der Waals surface area contributed by atoms with Crippen LogP contribution in [0.4, 0.5) is 5.82 Å². The van der Waals surface area contributed by atoms with E-state index < -0.39 is 0 Å². The molecule has 0 amide bonds. The fourth-order valence-corrected chi connectivity index (χ4v) is 2.18. The van der Waals surface area contributed by atoms with E-state index in [2.05, 4.69) is 23.7 Å². The van der Waals surface area contributed by atoms with Gasteiger partial charge in [-0.15, -0.1) is 0 Å². The minimum absolute atomic E-state index is 0.252. The number of pyridine rings is 1. The summed E-state index contributed by atoms with van der Waals surface area (Å²) in [5, 5.41) is 10.8. The van der Waals surface area contributed by atoms with Gasteiger partial charge in [-0.05, 0) is 31.0 Å². The van der Waals surface area contributed by atoms with Gasteiger partial charge in [0.25, 0.3) is 0 Å². The van der Waals surface area contributed by atoms with Crippen LogP contribution >= 0.6 is 0 Å². The van der Waals surface area contributed by atoms with Gasteiger partial charge in [-0.2, -0.15) is 0 Å². The first kappa shape index (κ1) is 12.7. The molecule has 0 fully saturated rings. The molecule has 0 aliphatic carbocycles. The van der Waals surface area contributed by atoms with Crippen LogP contribution in [-0.4, -0.2) is 23.2 Å². The number of fused-ring (bicyclic) bond motifs is 1. The fourth-order valence-electron chi connectivity index (χ4n) is 2.18. The van der Waals surface area contributed by atoms with E-state index in [1.807, 2.05) is 24.3 Å². The molecular formula is C15H20N2O. The minimum atomic E-state index is 0.252. The molecule has 3 nitrogen and oxygen atoms in total. The van der Waals surface area contributed by atoms with Crippen LogP contribution in [0.25, 0.3) is 10.9 Å². The number of hydrogen-bond acceptors (Lipinski definition) is 3. The summed E-state index contributed by atoms with van der Waals surface area (Å²) in [7, 11) is 0. The van der Waals surface area contributed by atoms with Crippen molar-refractivity contribution in [1.82, 2.24) is 4.98 Å². The predicted molar refractivity (Wildman–Crippen MR) is 76.2 cm³/mol. The average Bonchev–Trinajstić information content (AvgIpc) is 2.39. The van der Waals surface area contributed by atoms with Crippen LogP contribution in [0.3, 0.4) is 0 Å². The molecule has 0 bridgehead atoms. The topological polar surface area (TPSA) is 36.4 Å². The number of benzene rings is 1.